The molecule has 0 aliphatic carbocycles. The second kappa shape index (κ2) is 6.05. The molecule has 0 heterocycles. The van der Waals surface area contributed by atoms with Gasteiger partial charge in [-0.1, -0.05) is 6.08 Å². The number of nitrogens with one attached hydrogen (secondary N) is 3. The lowest BCUT2D eigenvalue weighted by atomic mass is 10.0. The van der Waals surface area contributed by atoms with Crippen LogP contribution in [-0.2, 0) is 6.42 Å². The van der Waals surface area contributed by atoms with Crippen molar-refractivity contribution >= 4 is 17.1 Å². The van der Waals surface area contributed by atoms with Gasteiger partial charge in [-0.25, -0.2) is 0 Å². The Morgan fingerprint density at radius 2 is 1.69 bits per heavy atom. The fourth-order valence-electron chi connectivity index (χ4n) is 1.88. The monoisotopic (exact) mass is 219 g/mol. The zero-order valence-electron chi connectivity index (χ0n) is 10.4. The Bertz CT molecular complexity index is 358. The van der Waals surface area contributed by atoms with Crippen LogP contribution in [0.1, 0.15) is 12.0 Å². The molecule has 0 unspecified atom stereocenters. The number of hydrogen-bond acceptors (Lipinski definition) is 3. The molecule has 0 saturated carbocycles. The Balaban J connectivity index is 3.19. The summed E-state index contributed by atoms with van der Waals surface area (Å²) < 4.78 is 0. The lowest BCUT2D eigenvalue weighted by molar-refractivity contribution is 1.01. The van der Waals surface area contributed by atoms with Gasteiger partial charge in [0.15, 0.2) is 0 Å². The second-order valence-electron chi connectivity index (χ2n) is 3.59. The minimum absolute atomic E-state index is 0.983. The molecule has 0 aromatic heterocycles. The predicted molar refractivity (Wildman–Crippen MR) is 73.6 cm³/mol. The van der Waals surface area contributed by atoms with Crippen molar-refractivity contribution in [2.75, 3.05) is 37.1 Å². The highest BCUT2D eigenvalue weighted by molar-refractivity contribution is 5.79. The highest BCUT2D eigenvalue weighted by Gasteiger charge is 2.10. The van der Waals surface area contributed by atoms with Crippen LogP contribution < -0.4 is 16.0 Å². The van der Waals surface area contributed by atoms with Gasteiger partial charge in [-0.05, 0) is 25.0 Å². The van der Waals surface area contributed by atoms with Crippen LogP contribution in [0.3, 0.4) is 0 Å². The van der Waals surface area contributed by atoms with Gasteiger partial charge in [0, 0.05) is 32.4 Å². The van der Waals surface area contributed by atoms with E-state index in [9.17, 15) is 0 Å². The molecule has 16 heavy (non-hydrogen) atoms. The van der Waals surface area contributed by atoms with Gasteiger partial charge in [-0.3, -0.25) is 0 Å². The summed E-state index contributed by atoms with van der Waals surface area (Å²) in [6.07, 6.45) is 3.92. The normalized spacial score (nSPS) is 9.69. The molecule has 3 nitrogen and oxygen atoms in total. The number of hydrogen-bond donors (Lipinski definition) is 3. The number of rotatable bonds is 6. The van der Waals surface area contributed by atoms with Crippen LogP contribution in [0.4, 0.5) is 17.1 Å². The van der Waals surface area contributed by atoms with Crippen molar-refractivity contribution in [2.45, 2.75) is 12.8 Å². The van der Waals surface area contributed by atoms with E-state index in [-0.39, 0.29) is 0 Å². The highest BCUT2D eigenvalue weighted by Crippen LogP contribution is 2.32. The SMILES string of the molecule is C=CCCc1c(NC)ccc(NC)c1NC. The van der Waals surface area contributed by atoms with Crippen LogP contribution in [0.25, 0.3) is 0 Å². The lowest BCUT2D eigenvalue weighted by Gasteiger charge is -2.17. The smallest absolute Gasteiger partial charge is 0.0626 e. The summed E-state index contributed by atoms with van der Waals surface area (Å²) in [6.45, 7) is 3.77. The van der Waals surface area contributed by atoms with Crippen molar-refractivity contribution in [1.29, 1.82) is 0 Å². The summed E-state index contributed by atoms with van der Waals surface area (Å²) in [4.78, 5) is 0. The Morgan fingerprint density at radius 3 is 2.19 bits per heavy atom. The Kier molecular flexibility index (Phi) is 4.70. The van der Waals surface area contributed by atoms with Crippen molar-refractivity contribution in [3.63, 3.8) is 0 Å². The van der Waals surface area contributed by atoms with Crippen molar-refractivity contribution in [3.05, 3.63) is 30.4 Å². The van der Waals surface area contributed by atoms with Gasteiger partial charge in [-0.15, -0.1) is 6.58 Å². The van der Waals surface area contributed by atoms with Crippen molar-refractivity contribution in [2.24, 2.45) is 0 Å². The fourth-order valence-corrected chi connectivity index (χ4v) is 1.88. The van der Waals surface area contributed by atoms with E-state index >= 15 is 0 Å². The van der Waals surface area contributed by atoms with Crippen LogP contribution in [0.2, 0.25) is 0 Å². The standard InChI is InChI=1S/C13H21N3/c1-5-6-7-10-11(14-2)8-9-12(15-3)13(10)16-4/h5,8-9,14-16H,1,6-7H2,2-4H3. The van der Waals surface area contributed by atoms with E-state index in [0.717, 1.165) is 24.2 Å². The number of anilines is 3. The first kappa shape index (κ1) is 12.4. The molecule has 0 bridgehead atoms. The molecule has 1 aromatic rings. The third-order valence-electron chi connectivity index (χ3n) is 2.70. The first-order valence-corrected chi connectivity index (χ1v) is 5.58. The molecule has 0 atom stereocenters. The molecular weight excluding hydrogens is 198 g/mol. The van der Waals surface area contributed by atoms with Crippen molar-refractivity contribution in [3.8, 4) is 0 Å². The molecular formula is C13H21N3. The summed E-state index contributed by atoms with van der Waals surface area (Å²) in [5.74, 6) is 0. The molecule has 0 fully saturated rings. The van der Waals surface area contributed by atoms with Crippen LogP contribution >= 0.6 is 0 Å². The molecule has 0 aliphatic heterocycles. The van der Waals surface area contributed by atoms with Gasteiger partial charge in [-0.2, -0.15) is 0 Å². The summed E-state index contributed by atoms with van der Waals surface area (Å²) in [5.41, 5.74) is 4.76. The zero-order chi connectivity index (χ0) is 12.0. The van der Waals surface area contributed by atoms with E-state index in [1.165, 1.54) is 11.3 Å². The molecule has 0 radical (unpaired) electrons. The minimum atomic E-state index is 0.983. The van der Waals surface area contributed by atoms with Crippen LogP contribution in [0.5, 0.6) is 0 Å². The molecule has 0 amide bonds. The second-order valence-corrected chi connectivity index (χ2v) is 3.59. The number of benzene rings is 1. The molecule has 0 spiro atoms. The summed E-state index contributed by atoms with van der Waals surface area (Å²) in [5, 5.41) is 9.69. The molecule has 3 heteroatoms. The van der Waals surface area contributed by atoms with E-state index in [1.54, 1.807) is 0 Å². The van der Waals surface area contributed by atoms with Gasteiger partial charge >= 0.3 is 0 Å². The molecule has 3 N–H and O–H groups in total. The average molecular weight is 219 g/mol. The molecule has 1 aromatic carbocycles. The Morgan fingerprint density at radius 1 is 1.06 bits per heavy atom. The first-order valence-electron chi connectivity index (χ1n) is 5.58. The zero-order valence-corrected chi connectivity index (χ0v) is 10.4. The maximum Gasteiger partial charge on any atom is 0.0626 e. The summed E-state index contributed by atoms with van der Waals surface area (Å²) in [6, 6.07) is 4.18. The van der Waals surface area contributed by atoms with Crippen LogP contribution in [-0.4, -0.2) is 21.1 Å². The van der Waals surface area contributed by atoms with E-state index in [1.807, 2.05) is 27.2 Å². The Hall–Kier alpha value is -1.64. The van der Waals surface area contributed by atoms with E-state index < -0.39 is 0 Å². The molecule has 88 valence electrons. The average Bonchev–Trinajstić information content (AvgIpc) is 2.34. The third-order valence-corrected chi connectivity index (χ3v) is 2.70. The maximum absolute atomic E-state index is 3.77. The van der Waals surface area contributed by atoms with Gasteiger partial charge in [0.1, 0.15) is 0 Å². The maximum atomic E-state index is 3.77. The van der Waals surface area contributed by atoms with E-state index in [4.69, 9.17) is 0 Å². The quantitative estimate of drug-likeness (QED) is 0.644. The largest absolute Gasteiger partial charge is 0.388 e. The molecule has 1 rings (SSSR count). The summed E-state index contributed by atoms with van der Waals surface area (Å²) in [7, 11) is 5.84. The first-order chi connectivity index (χ1) is 7.78. The molecule has 0 aliphatic rings. The van der Waals surface area contributed by atoms with Gasteiger partial charge in [0.25, 0.3) is 0 Å². The van der Waals surface area contributed by atoms with E-state index in [0.29, 0.717) is 0 Å². The highest BCUT2D eigenvalue weighted by atomic mass is 14.9. The molecule has 0 saturated heterocycles. The third kappa shape index (κ3) is 2.48. The summed E-state index contributed by atoms with van der Waals surface area (Å²) >= 11 is 0. The van der Waals surface area contributed by atoms with Gasteiger partial charge < -0.3 is 16.0 Å². The fraction of sp³-hybridized carbons (Fsp3) is 0.385. The van der Waals surface area contributed by atoms with Crippen molar-refractivity contribution < 1.29 is 0 Å². The van der Waals surface area contributed by atoms with Crippen molar-refractivity contribution in [1.82, 2.24) is 0 Å². The predicted octanol–water partition coefficient (Wildman–Crippen LogP) is 2.93. The van der Waals surface area contributed by atoms with Crippen LogP contribution in [0.15, 0.2) is 24.8 Å². The number of allylic oxidation sites excluding steroid dienone is 1. The van der Waals surface area contributed by atoms with Crippen LogP contribution in [0, 0.1) is 0 Å². The van der Waals surface area contributed by atoms with Gasteiger partial charge in [0.2, 0.25) is 0 Å². The minimum Gasteiger partial charge on any atom is -0.388 e. The lowest BCUT2D eigenvalue weighted by Crippen LogP contribution is -2.04. The van der Waals surface area contributed by atoms with E-state index in [2.05, 4.69) is 34.7 Å². The van der Waals surface area contributed by atoms with Gasteiger partial charge in [0.05, 0.1) is 11.4 Å². The Labute approximate surface area is 97.9 Å². The topological polar surface area (TPSA) is 36.1 Å².